The molecule has 1 aliphatic rings. The maximum atomic E-state index is 14.7. The second-order valence-electron chi connectivity index (χ2n) is 8.13. The third kappa shape index (κ3) is 3.68. The molecule has 0 spiro atoms. The molecule has 33 heavy (non-hydrogen) atoms. The fourth-order valence-corrected chi connectivity index (χ4v) is 4.39. The number of aliphatic hydroxyl groups is 1. The van der Waals surface area contributed by atoms with Gasteiger partial charge in [-0.05, 0) is 30.7 Å². The second-order valence-corrected chi connectivity index (χ2v) is 8.13. The summed E-state index contributed by atoms with van der Waals surface area (Å²) < 4.78 is 16.5. The van der Waals surface area contributed by atoms with Crippen LogP contribution in [0.3, 0.4) is 0 Å². The fraction of sp³-hybridized carbons (Fsp3) is 0.261. The topological polar surface area (TPSA) is 117 Å². The van der Waals surface area contributed by atoms with Gasteiger partial charge in [-0.3, -0.25) is 9.59 Å². The highest BCUT2D eigenvalue weighted by Gasteiger charge is 2.30. The highest BCUT2D eigenvalue weighted by Crippen LogP contribution is 2.25. The van der Waals surface area contributed by atoms with Gasteiger partial charge in [0.25, 0.3) is 11.5 Å². The van der Waals surface area contributed by atoms with Gasteiger partial charge in [0.2, 0.25) is 0 Å². The molecule has 2 N–H and O–H groups in total. The number of aliphatic hydroxyl groups excluding tert-OH is 1. The van der Waals surface area contributed by atoms with Gasteiger partial charge in [-0.1, -0.05) is 24.3 Å². The van der Waals surface area contributed by atoms with E-state index >= 15 is 0 Å². The predicted octanol–water partition coefficient (Wildman–Crippen LogP) is 1.95. The molecule has 4 aromatic rings. The number of aromatic nitrogens is 5. The van der Waals surface area contributed by atoms with E-state index in [1.165, 1.54) is 17.0 Å². The average Bonchev–Trinajstić information content (AvgIpc) is 3.25. The van der Waals surface area contributed by atoms with Crippen molar-refractivity contribution >= 4 is 16.7 Å². The van der Waals surface area contributed by atoms with Crippen LogP contribution in [0.2, 0.25) is 0 Å². The highest BCUT2D eigenvalue weighted by molar-refractivity contribution is 5.95. The summed E-state index contributed by atoms with van der Waals surface area (Å²) in [5.41, 5.74) is 1.01. The van der Waals surface area contributed by atoms with E-state index in [2.05, 4.69) is 20.4 Å². The van der Waals surface area contributed by atoms with E-state index < -0.39 is 11.7 Å². The predicted molar refractivity (Wildman–Crippen MR) is 117 cm³/mol. The molecule has 9 nitrogen and oxygen atoms in total. The van der Waals surface area contributed by atoms with Gasteiger partial charge in [0.1, 0.15) is 12.4 Å². The Hall–Kier alpha value is -3.92. The van der Waals surface area contributed by atoms with Crippen LogP contribution in [0, 0.1) is 5.82 Å². The van der Waals surface area contributed by atoms with Gasteiger partial charge in [-0.15, -0.1) is 10.2 Å². The fourth-order valence-electron chi connectivity index (χ4n) is 4.39. The smallest absolute Gasteiger partial charge is 0.272 e. The van der Waals surface area contributed by atoms with Crippen molar-refractivity contribution in [1.29, 1.82) is 0 Å². The van der Waals surface area contributed by atoms with E-state index in [1.807, 2.05) is 23.6 Å². The molecule has 168 valence electrons. The van der Waals surface area contributed by atoms with Crippen molar-refractivity contribution in [1.82, 2.24) is 29.9 Å². The number of benzene rings is 2. The monoisotopic (exact) mass is 448 g/mol. The van der Waals surface area contributed by atoms with Gasteiger partial charge >= 0.3 is 0 Å². The summed E-state index contributed by atoms with van der Waals surface area (Å²) in [5.74, 6) is -0.0657. The van der Waals surface area contributed by atoms with Crippen molar-refractivity contribution in [2.75, 3.05) is 6.54 Å². The van der Waals surface area contributed by atoms with Gasteiger partial charge in [0.05, 0.1) is 29.2 Å². The molecule has 1 atom stereocenters. The van der Waals surface area contributed by atoms with Gasteiger partial charge in [0.15, 0.2) is 11.6 Å². The number of halogens is 1. The number of nitrogens with one attached hydrogen (secondary N) is 1. The molecule has 3 heterocycles. The average molecular weight is 448 g/mol. The lowest BCUT2D eigenvalue weighted by Crippen LogP contribution is -2.41. The first-order chi connectivity index (χ1) is 16.0. The Labute approximate surface area is 187 Å². The Balaban J connectivity index is 1.44. The molecular formula is C23H21FN6O3. The molecule has 0 saturated heterocycles. The van der Waals surface area contributed by atoms with Crippen LogP contribution in [0.1, 0.15) is 46.2 Å². The molecule has 1 aliphatic heterocycles. The minimum Gasteiger partial charge on any atom is -0.388 e. The first-order valence-corrected chi connectivity index (χ1v) is 10.5. The largest absolute Gasteiger partial charge is 0.388 e. The Bertz CT molecular complexity index is 1430. The number of rotatable bonds is 4. The second kappa shape index (κ2) is 8.21. The van der Waals surface area contributed by atoms with E-state index in [-0.39, 0.29) is 30.3 Å². The van der Waals surface area contributed by atoms with Gasteiger partial charge in [-0.2, -0.15) is 5.10 Å². The third-order valence-electron chi connectivity index (χ3n) is 5.93. The van der Waals surface area contributed by atoms with Crippen molar-refractivity contribution < 1.29 is 14.3 Å². The number of carbonyl (C=O) groups excluding carboxylic acids is 1. The number of nitrogens with zero attached hydrogens (tertiary/aromatic N) is 5. The first-order valence-electron chi connectivity index (χ1n) is 10.5. The standard InChI is InChI=1S/C23H21FN6O3/c1-13-10-29(11-20-26-27-21(12-31)30(13)20)23(33)17-8-14(6-7-18(17)24)9-19-15-4-2-3-5-16(15)22(32)28-25-19/h2-8,13,31H,9-12H2,1H3,(H,28,32). The number of hydrogen-bond acceptors (Lipinski definition) is 6. The van der Waals surface area contributed by atoms with Gasteiger partial charge in [-0.25, -0.2) is 9.49 Å². The maximum absolute atomic E-state index is 14.7. The Morgan fingerprint density at radius 2 is 2.00 bits per heavy atom. The van der Waals surface area contributed by atoms with E-state index in [0.717, 1.165) is 0 Å². The Morgan fingerprint density at radius 3 is 2.79 bits per heavy atom. The molecule has 1 unspecified atom stereocenters. The van der Waals surface area contributed by atoms with E-state index in [0.29, 0.717) is 46.6 Å². The van der Waals surface area contributed by atoms with Crippen LogP contribution in [0.4, 0.5) is 4.39 Å². The van der Waals surface area contributed by atoms with Crippen LogP contribution in [-0.4, -0.2) is 47.4 Å². The van der Waals surface area contributed by atoms with Crippen molar-refractivity contribution in [3.8, 4) is 0 Å². The van der Waals surface area contributed by atoms with Crippen LogP contribution in [0.15, 0.2) is 47.3 Å². The van der Waals surface area contributed by atoms with Crippen LogP contribution in [-0.2, 0) is 19.6 Å². The van der Waals surface area contributed by atoms with Crippen LogP contribution >= 0.6 is 0 Å². The SMILES string of the molecule is CC1CN(C(=O)c2cc(Cc3n[nH]c(=O)c4ccccc34)ccc2F)Cc2nnc(CO)n21. The summed E-state index contributed by atoms with van der Waals surface area (Å²) in [6.07, 6.45) is 0.322. The molecular weight excluding hydrogens is 427 g/mol. The molecule has 1 amide bonds. The van der Waals surface area contributed by atoms with E-state index in [9.17, 15) is 19.1 Å². The van der Waals surface area contributed by atoms with Crippen molar-refractivity contribution in [2.24, 2.45) is 0 Å². The lowest BCUT2D eigenvalue weighted by Gasteiger charge is -2.32. The molecule has 0 bridgehead atoms. The van der Waals surface area contributed by atoms with Gasteiger partial charge < -0.3 is 14.6 Å². The number of carbonyl (C=O) groups is 1. The zero-order valence-corrected chi connectivity index (χ0v) is 17.8. The number of H-pyrrole nitrogens is 1. The summed E-state index contributed by atoms with van der Waals surface area (Å²) in [5, 5.41) is 25.4. The Morgan fingerprint density at radius 1 is 1.21 bits per heavy atom. The van der Waals surface area contributed by atoms with Crippen LogP contribution in [0.5, 0.6) is 0 Å². The van der Waals surface area contributed by atoms with Crippen molar-refractivity contribution in [2.45, 2.75) is 32.5 Å². The molecule has 5 rings (SSSR count). The minimum absolute atomic E-state index is 0.0382. The lowest BCUT2D eigenvalue weighted by atomic mass is 10.0. The molecule has 0 saturated carbocycles. The summed E-state index contributed by atoms with van der Waals surface area (Å²) in [6.45, 7) is 2.17. The molecule has 10 heteroatoms. The number of hydrogen-bond donors (Lipinski definition) is 2. The quantitative estimate of drug-likeness (QED) is 0.493. The third-order valence-corrected chi connectivity index (χ3v) is 5.93. The maximum Gasteiger partial charge on any atom is 0.272 e. The Kier molecular flexibility index (Phi) is 5.21. The van der Waals surface area contributed by atoms with Crippen molar-refractivity contribution in [3.05, 3.63) is 87.1 Å². The number of fused-ring (bicyclic) bond motifs is 2. The molecule has 0 radical (unpaired) electrons. The normalized spacial score (nSPS) is 15.6. The summed E-state index contributed by atoms with van der Waals surface area (Å²) in [6, 6.07) is 11.4. The molecule has 2 aromatic heterocycles. The zero-order valence-electron chi connectivity index (χ0n) is 17.8. The number of aromatic amines is 1. The van der Waals surface area contributed by atoms with Crippen LogP contribution < -0.4 is 5.56 Å². The van der Waals surface area contributed by atoms with Crippen molar-refractivity contribution in [3.63, 3.8) is 0 Å². The summed E-state index contributed by atoms with van der Waals surface area (Å²) in [4.78, 5) is 26.8. The highest BCUT2D eigenvalue weighted by atomic mass is 19.1. The van der Waals surface area contributed by atoms with E-state index in [4.69, 9.17) is 0 Å². The summed E-state index contributed by atoms with van der Waals surface area (Å²) >= 11 is 0. The van der Waals surface area contributed by atoms with Gasteiger partial charge in [0, 0.05) is 18.4 Å². The molecule has 0 fully saturated rings. The summed E-state index contributed by atoms with van der Waals surface area (Å²) in [7, 11) is 0. The van der Waals surface area contributed by atoms with Crippen LogP contribution in [0.25, 0.3) is 10.8 Å². The van der Waals surface area contributed by atoms with E-state index in [1.54, 1.807) is 18.2 Å². The molecule has 0 aliphatic carbocycles. The zero-order chi connectivity index (χ0) is 23.1. The molecule has 2 aromatic carbocycles. The first kappa shape index (κ1) is 21.0. The number of amides is 1. The lowest BCUT2D eigenvalue weighted by molar-refractivity contribution is 0.0672. The minimum atomic E-state index is -0.612.